The fourth-order valence-electron chi connectivity index (χ4n) is 1.06. The molecule has 0 rings (SSSR count). The van der Waals surface area contributed by atoms with Crippen LogP contribution in [-0.4, -0.2) is 16.9 Å². The highest BCUT2D eigenvalue weighted by atomic mass is 19.4. The van der Waals surface area contributed by atoms with Gasteiger partial charge >= 0.3 is 6.18 Å². The second-order valence-electron chi connectivity index (χ2n) is 3.94. The third kappa shape index (κ3) is 5.82. The number of hydrogen-bond donors (Lipinski definition) is 1. The summed E-state index contributed by atoms with van der Waals surface area (Å²) in [6.07, 6.45) is 2.12. The van der Waals surface area contributed by atoms with E-state index in [1.54, 1.807) is 6.08 Å². The Bertz CT molecular complexity index is 194. The summed E-state index contributed by atoms with van der Waals surface area (Å²) < 4.78 is 36.5. The molecule has 0 saturated carbocycles. The zero-order valence-corrected chi connectivity index (χ0v) is 9.27. The van der Waals surface area contributed by atoms with E-state index in [0.717, 1.165) is 32.6 Å². The van der Waals surface area contributed by atoms with Crippen molar-refractivity contribution in [2.75, 3.05) is 0 Å². The van der Waals surface area contributed by atoms with Crippen LogP contribution in [0, 0.1) is 0 Å². The summed E-state index contributed by atoms with van der Waals surface area (Å²) in [7, 11) is 0. The molecular formula is C11H19F3O. The fourth-order valence-corrected chi connectivity index (χ4v) is 1.06. The largest absolute Gasteiger partial charge is 0.417 e. The molecule has 0 amide bonds. The predicted octanol–water partition coefficient (Wildman–Crippen LogP) is 3.83. The molecule has 0 heterocycles. The lowest BCUT2D eigenvalue weighted by atomic mass is 10.0. The first kappa shape index (κ1) is 14.5. The Hall–Kier alpha value is -0.510. The van der Waals surface area contributed by atoms with E-state index in [9.17, 15) is 13.2 Å². The van der Waals surface area contributed by atoms with E-state index >= 15 is 0 Å². The minimum Gasteiger partial charge on any atom is -0.380 e. The molecule has 0 aromatic rings. The monoisotopic (exact) mass is 224 g/mol. The van der Waals surface area contributed by atoms with E-state index < -0.39 is 11.8 Å². The molecule has 0 radical (unpaired) electrons. The molecule has 0 aliphatic heterocycles. The molecular weight excluding hydrogens is 205 g/mol. The van der Waals surface area contributed by atoms with Gasteiger partial charge in [-0.2, -0.15) is 13.2 Å². The van der Waals surface area contributed by atoms with Gasteiger partial charge in [0.15, 0.2) is 5.60 Å². The van der Waals surface area contributed by atoms with Crippen LogP contribution >= 0.6 is 0 Å². The lowest BCUT2D eigenvalue weighted by Crippen LogP contribution is -2.41. The fraction of sp³-hybridized carbons (Fsp3) is 0.818. The summed E-state index contributed by atoms with van der Waals surface area (Å²) in [6, 6.07) is 0. The zero-order valence-electron chi connectivity index (χ0n) is 9.27. The minimum atomic E-state index is -4.55. The van der Waals surface area contributed by atoms with Gasteiger partial charge in [-0.05, 0) is 19.8 Å². The van der Waals surface area contributed by atoms with Crippen LogP contribution in [0.1, 0.15) is 46.0 Å². The molecule has 0 aromatic heterocycles. The van der Waals surface area contributed by atoms with Crippen molar-refractivity contribution in [3.05, 3.63) is 12.2 Å². The number of allylic oxidation sites excluding steroid dienone is 1. The first-order valence-electron chi connectivity index (χ1n) is 5.25. The van der Waals surface area contributed by atoms with Crippen molar-refractivity contribution < 1.29 is 18.3 Å². The van der Waals surface area contributed by atoms with Crippen LogP contribution in [-0.2, 0) is 0 Å². The van der Waals surface area contributed by atoms with Crippen molar-refractivity contribution in [1.82, 2.24) is 0 Å². The van der Waals surface area contributed by atoms with Crippen molar-refractivity contribution in [2.24, 2.45) is 0 Å². The molecule has 1 nitrogen and oxygen atoms in total. The van der Waals surface area contributed by atoms with Gasteiger partial charge in [0, 0.05) is 6.42 Å². The molecule has 1 unspecified atom stereocenters. The van der Waals surface area contributed by atoms with Crippen molar-refractivity contribution >= 4 is 0 Å². The highest BCUT2D eigenvalue weighted by Crippen LogP contribution is 2.32. The van der Waals surface area contributed by atoms with E-state index in [1.165, 1.54) is 6.08 Å². The quantitative estimate of drug-likeness (QED) is 0.537. The van der Waals surface area contributed by atoms with Crippen molar-refractivity contribution in [2.45, 2.75) is 57.7 Å². The lowest BCUT2D eigenvalue weighted by Gasteiger charge is -2.24. The van der Waals surface area contributed by atoms with Gasteiger partial charge in [-0.3, -0.25) is 0 Å². The van der Waals surface area contributed by atoms with Gasteiger partial charge in [0.05, 0.1) is 0 Å². The Kier molecular flexibility index (Phi) is 5.95. The Morgan fingerprint density at radius 3 is 2.20 bits per heavy atom. The highest BCUT2D eigenvalue weighted by molar-refractivity contribution is 4.93. The van der Waals surface area contributed by atoms with Crippen LogP contribution in [0.15, 0.2) is 12.2 Å². The second-order valence-corrected chi connectivity index (χ2v) is 3.94. The van der Waals surface area contributed by atoms with Crippen LogP contribution in [0.2, 0.25) is 0 Å². The maximum atomic E-state index is 12.2. The molecule has 0 bridgehead atoms. The third-order valence-electron chi connectivity index (χ3n) is 2.27. The van der Waals surface area contributed by atoms with E-state index in [-0.39, 0.29) is 6.42 Å². The molecule has 1 N–H and O–H groups in total. The van der Waals surface area contributed by atoms with Crippen LogP contribution in [0.25, 0.3) is 0 Å². The molecule has 0 spiro atoms. The van der Waals surface area contributed by atoms with Gasteiger partial charge < -0.3 is 5.11 Å². The van der Waals surface area contributed by atoms with Crippen molar-refractivity contribution in [3.63, 3.8) is 0 Å². The second kappa shape index (κ2) is 6.16. The molecule has 0 aliphatic rings. The average Bonchev–Trinajstić information content (AvgIpc) is 2.09. The minimum absolute atomic E-state index is 0.372. The standard InChI is InChI=1S/C11H19F3O/c1-3-4-5-6-7-8-9-10(2,15)11(12,13)14/h7-8,15H,3-6,9H2,1-2H3/b8-7+. The smallest absolute Gasteiger partial charge is 0.380 e. The maximum Gasteiger partial charge on any atom is 0.417 e. The van der Waals surface area contributed by atoms with Gasteiger partial charge in [-0.25, -0.2) is 0 Å². The van der Waals surface area contributed by atoms with E-state index in [2.05, 4.69) is 6.92 Å². The molecule has 0 fully saturated rings. The van der Waals surface area contributed by atoms with Crippen LogP contribution in [0.4, 0.5) is 13.2 Å². The number of alkyl halides is 3. The van der Waals surface area contributed by atoms with Crippen molar-refractivity contribution in [3.8, 4) is 0 Å². The molecule has 0 aliphatic carbocycles. The Morgan fingerprint density at radius 2 is 1.73 bits per heavy atom. The zero-order chi connectivity index (χ0) is 11.9. The summed E-state index contributed by atoms with van der Waals surface area (Å²) >= 11 is 0. The first-order chi connectivity index (χ1) is 6.81. The number of hydrogen-bond acceptors (Lipinski definition) is 1. The Labute approximate surface area is 89.0 Å². The summed E-state index contributed by atoms with van der Waals surface area (Å²) in [6.45, 7) is 2.86. The summed E-state index contributed by atoms with van der Waals surface area (Å²) in [4.78, 5) is 0. The highest BCUT2D eigenvalue weighted by Gasteiger charge is 2.48. The third-order valence-corrected chi connectivity index (χ3v) is 2.27. The Morgan fingerprint density at radius 1 is 1.13 bits per heavy atom. The maximum absolute atomic E-state index is 12.2. The number of aliphatic hydroxyl groups is 1. The summed E-state index contributed by atoms with van der Waals surface area (Å²) in [5, 5.41) is 9.08. The van der Waals surface area contributed by atoms with Crippen LogP contribution in [0.3, 0.4) is 0 Å². The first-order valence-corrected chi connectivity index (χ1v) is 5.25. The Balaban J connectivity index is 3.84. The van der Waals surface area contributed by atoms with Gasteiger partial charge in [0.25, 0.3) is 0 Å². The van der Waals surface area contributed by atoms with Gasteiger partial charge in [-0.1, -0.05) is 31.9 Å². The summed E-state index contributed by atoms with van der Waals surface area (Å²) in [5.41, 5.74) is -2.60. The topological polar surface area (TPSA) is 20.2 Å². The summed E-state index contributed by atoms with van der Waals surface area (Å²) in [5.74, 6) is 0. The van der Waals surface area contributed by atoms with Gasteiger partial charge in [0.2, 0.25) is 0 Å². The molecule has 90 valence electrons. The number of unbranched alkanes of at least 4 members (excludes halogenated alkanes) is 3. The average molecular weight is 224 g/mol. The number of rotatable bonds is 6. The predicted molar refractivity (Wildman–Crippen MR) is 54.6 cm³/mol. The van der Waals surface area contributed by atoms with Crippen molar-refractivity contribution in [1.29, 1.82) is 0 Å². The van der Waals surface area contributed by atoms with E-state index in [4.69, 9.17) is 5.11 Å². The molecule has 0 saturated heterocycles. The molecule has 0 aromatic carbocycles. The lowest BCUT2D eigenvalue weighted by molar-refractivity contribution is -0.251. The number of halogens is 3. The van der Waals surface area contributed by atoms with Gasteiger partial charge in [-0.15, -0.1) is 0 Å². The molecule has 15 heavy (non-hydrogen) atoms. The van der Waals surface area contributed by atoms with Gasteiger partial charge in [0.1, 0.15) is 0 Å². The van der Waals surface area contributed by atoms with E-state index in [0.29, 0.717) is 0 Å². The normalized spacial score (nSPS) is 16.9. The van der Waals surface area contributed by atoms with Crippen LogP contribution in [0.5, 0.6) is 0 Å². The van der Waals surface area contributed by atoms with Crippen LogP contribution < -0.4 is 0 Å². The molecule has 4 heteroatoms. The van der Waals surface area contributed by atoms with E-state index in [1.807, 2.05) is 0 Å². The molecule has 1 atom stereocenters. The SMILES string of the molecule is CCCCC/C=C/CC(C)(O)C(F)(F)F.